The summed E-state index contributed by atoms with van der Waals surface area (Å²) < 4.78 is 0. The first kappa shape index (κ1) is 25.5. The standard InChI is InChI=1S/C26H33Cl2N3O2S/c1-6-12-31(5)24(33)14(2)16-10-11-26(4)13-19-21(15(3)20(26)23(16)32)29-25(34-19)30-22-17(27)8-7-9-18(22)28/h6-9,14-16,20,23,32H,1,10-13H2,2-5H3,(H,29,30). The number of aromatic nitrogens is 1. The van der Waals surface area contributed by atoms with Gasteiger partial charge in [0.05, 0.1) is 27.5 Å². The van der Waals surface area contributed by atoms with Gasteiger partial charge in [-0.05, 0) is 48.6 Å². The molecule has 1 aromatic carbocycles. The Labute approximate surface area is 216 Å². The van der Waals surface area contributed by atoms with Gasteiger partial charge in [0.1, 0.15) is 0 Å². The maximum atomic E-state index is 13.0. The molecule has 0 aliphatic heterocycles. The number of aliphatic hydroxyl groups excluding tert-OH is 1. The molecule has 1 amide bonds. The molecule has 5 nitrogen and oxygen atoms in total. The quantitative estimate of drug-likeness (QED) is 0.424. The molecule has 34 heavy (non-hydrogen) atoms. The van der Waals surface area contributed by atoms with Gasteiger partial charge in [-0.25, -0.2) is 4.98 Å². The van der Waals surface area contributed by atoms with Gasteiger partial charge in [-0.3, -0.25) is 4.79 Å². The van der Waals surface area contributed by atoms with E-state index >= 15 is 0 Å². The zero-order chi connectivity index (χ0) is 24.8. The van der Waals surface area contributed by atoms with Crippen molar-refractivity contribution in [3.63, 3.8) is 0 Å². The number of fused-ring (bicyclic) bond motifs is 2. The highest BCUT2D eigenvalue weighted by Crippen LogP contribution is 2.57. The largest absolute Gasteiger partial charge is 0.392 e. The van der Waals surface area contributed by atoms with Crippen LogP contribution in [-0.2, 0) is 11.2 Å². The van der Waals surface area contributed by atoms with Gasteiger partial charge in [0.2, 0.25) is 5.91 Å². The third kappa shape index (κ3) is 4.50. The predicted molar refractivity (Wildman–Crippen MR) is 141 cm³/mol. The van der Waals surface area contributed by atoms with Gasteiger partial charge in [0.15, 0.2) is 5.13 Å². The Balaban J connectivity index is 1.59. The maximum Gasteiger partial charge on any atom is 0.225 e. The number of hydrogen-bond acceptors (Lipinski definition) is 5. The number of aliphatic hydroxyl groups is 1. The lowest BCUT2D eigenvalue weighted by Crippen LogP contribution is -2.53. The Hall–Kier alpha value is -1.60. The van der Waals surface area contributed by atoms with Gasteiger partial charge in [0.25, 0.3) is 0 Å². The highest BCUT2D eigenvalue weighted by Gasteiger charge is 2.54. The van der Waals surface area contributed by atoms with Crippen molar-refractivity contribution in [3.05, 3.63) is 51.5 Å². The van der Waals surface area contributed by atoms with Crippen molar-refractivity contribution in [2.75, 3.05) is 18.9 Å². The predicted octanol–water partition coefficient (Wildman–Crippen LogP) is 6.53. The molecule has 4 rings (SSSR count). The number of hydrogen-bond donors (Lipinski definition) is 2. The third-order valence-corrected chi connectivity index (χ3v) is 9.54. The van der Waals surface area contributed by atoms with Gasteiger partial charge < -0.3 is 15.3 Å². The molecular formula is C26H33Cl2N3O2S. The van der Waals surface area contributed by atoms with Gasteiger partial charge in [-0.15, -0.1) is 17.9 Å². The zero-order valence-corrected chi connectivity index (χ0v) is 22.5. The SMILES string of the molecule is C=CCN(C)C(=O)C(C)C1CCC2(C)Cc3sc(Nc4c(Cl)cccc4Cl)nc3C(C)C2C1O. The van der Waals surface area contributed by atoms with Crippen molar-refractivity contribution in [1.82, 2.24) is 9.88 Å². The molecule has 0 saturated heterocycles. The summed E-state index contributed by atoms with van der Waals surface area (Å²) in [5.74, 6) is -0.132. The Morgan fingerprint density at radius 3 is 2.76 bits per heavy atom. The van der Waals surface area contributed by atoms with Crippen LogP contribution in [0.4, 0.5) is 10.8 Å². The second kappa shape index (κ2) is 9.81. The summed E-state index contributed by atoms with van der Waals surface area (Å²) in [4.78, 5) is 20.8. The first-order valence-electron chi connectivity index (χ1n) is 11.8. The molecule has 2 N–H and O–H groups in total. The van der Waals surface area contributed by atoms with Crippen LogP contribution in [0.25, 0.3) is 0 Å². The summed E-state index contributed by atoms with van der Waals surface area (Å²) in [6.07, 6.45) is 3.85. The Bertz CT molecular complexity index is 1070. The molecule has 2 aromatic rings. The van der Waals surface area contributed by atoms with E-state index in [1.807, 2.05) is 13.0 Å². The number of carbonyl (C=O) groups is 1. The van der Waals surface area contributed by atoms with Crippen molar-refractivity contribution < 1.29 is 9.90 Å². The summed E-state index contributed by atoms with van der Waals surface area (Å²) in [7, 11) is 1.80. The van der Waals surface area contributed by atoms with Crippen LogP contribution in [-0.4, -0.2) is 40.6 Å². The van der Waals surface area contributed by atoms with Gasteiger partial charge in [0, 0.05) is 30.3 Å². The number of halogens is 2. The number of para-hydroxylation sites is 1. The molecule has 8 heteroatoms. The zero-order valence-electron chi connectivity index (χ0n) is 20.1. The van der Waals surface area contributed by atoms with Crippen molar-refractivity contribution in [3.8, 4) is 0 Å². The number of nitrogens with zero attached hydrogens (tertiary/aromatic N) is 2. The number of amides is 1. The van der Waals surface area contributed by atoms with Crippen molar-refractivity contribution >= 4 is 51.3 Å². The van der Waals surface area contributed by atoms with Gasteiger partial charge in [-0.1, -0.05) is 56.1 Å². The first-order chi connectivity index (χ1) is 16.1. The lowest BCUT2D eigenvalue weighted by molar-refractivity contribution is -0.143. The van der Waals surface area contributed by atoms with E-state index < -0.39 is 6.10 Å². The van der Waals surface area contributed by atoms with E-state index in [0.29, 0.717) is 22.3 Å². The molecular weight excluding hydrogens is 489 g/mol. The summed E-state index contributed by atoms with van der Waals surface area (Å²) in [6, 6.07) is 5.41. The number of benzene rings is 1. The van der Waals surface area contributed by atoms with Crippen molar-refractivity contribution in [2.45, 2.75) is 52.1 Å². The lowest BCUT2D eigenvalue weighted by Gasteiger charge is -2.53. The Morgan fingerprint density at radius 1 is 1.44 bits per heavy atom. The molecule has 2 aliphatic rings. The molecule has 0 radical (unpaired) electrons. The summed E-state index contributed by atoms with van der Waals surface area (Å²) in [5.41, 5.74) is 1.65. The fraction of sp³-hybridized carbons (Fsp3) is 0.538. The molecule has 1 fully saturated rings. The fourth-order valence-electron chi connectivity index (χ4n) is 6.14. The number of nitrogens with one attached hydrogen (secondary N) is 1. The van der Waals surface area contributed by atoms with E-state index in [1.165, 1.54) is 4.88 Å². The van der Waals surface area contributed by atoms with Gasteiger partial charge in [-0.2, -0.15) is 0 Å². The molecule has 6 atom stereocenters. The van der Waals surface area contributed by atoms with E-state index in [2.05, 4.69) is 25.7 Å². The Kier molecular flexibility index (Phi) is 7.35. The molecule has 0 bridgehead atoms. The molecule has 1 heterocycles. The summed E-state index contributed by atoms with van der Waals surface area (Å²) >= 11 is 14.3. The molecule has 2 aliphatic carbocycles. The van der Waals surface area contributed by atoms with Crippen LogP contribution >= 0.6 is 34.5 Å². The molecule has 6 unspecified atom stereocenters. The molecule has 1 saturated carbocycles. The second-order valence-electron chi connectivity index (χ2n) is 10.2. The smallest absolute Gasteiger partial charge is 0.225 e. The summed E-state index contributed by atoms with van der Waals surface area (Å²) in [6.45, 7) is 10.6. The number of anilines is 2. The van der Waals surface area contributed by atoms with Crippen molar-refractivity contribution in [1.29, 1.82) is 0 Å². The summed E-state index contributed by atoms with van der Waals surface area (Å²) in [5, 5.41) is 16.8. The van der Waals surface area contributed by atoms with E-state index in [9.17, 15) is 9.90 Å². The highest BCUT2D eigenvalue weighted by molar-refractivity contribution is 7.15. The minimum atomic E-state index is -0.561. The van der Waals surface area contributed by atoms with Crippen LogP contribution in [0.3, 0.4) is 0 Å². The lowest BCUT2D eigenvalue weighted by atomic mass is 9.53. The van der Waals surface area contributed by atoms with E-state index in [1.54, 1.807) is 41.5 Å². The molecule has 184 valence electrons. The van der Waals surface area contributed by atoms with Crippen LogP contribution in [0.5, 0.6) is 0 Å². The number of carbonyl (C=O) groups excluding carboxylic acids is 1. The van der Waals surface area contributed by atoms with Crippen LogP contribution in [0.1, 0.15) is 50.1 Å². The number of thiazole rings is 1. The number of rotatable bonds is 6. The average molecular weight is 523 g/mol. The molecule has 1 aromatic heterocycles. The van der Waals surface area contributed by atoms with Crippen LogP contribution in [0.15, 0.2) is 30.9 Å². The third-order valence-electron chi connectivity index (χ3n) is 7.93. The monoisotopic (exact) mass is 521 g/mol. The second-order valence-corrected chi connectivity index (χ2v) is 12.1. The maximum absolute atomic E-state index is 13.0. The minimum absolute atomic E-state index is 0.0377. The average Bonchev–Trinajstić information content (AvgIpc) is 3.18. The van der Waals surface area contributed by atoms with E-state index in [-0.39, 0.29) is 35.0 Å². The highest BCUT2D eigenvalue weighted by atomic mass is 35.5. The van der Waals surface area contributed by atoms with E-state index in [0.717, 1.165) is 30.1 Å². The fourth-order valence-corrected chi connectivity index (χ4v) is 7.90. The number of likely N-dealkylation sites (N-methyl/N-ethyl adjacent to an activating group) is 1. The normalized spacial score (nSPS) is 29.0. The van der Waals surface area contributed by atoms with E-state index in [4.69, 9.17) is 28.2 Å². The van der Waals surface area contributed by atoms with Gasteiger partial charge >= 0.3 is 0 Å². The van der Waals surface area contributed by atoms with Crippen LogP contribution < -0.4 is 5.32 Å². The topological polar surface area (TPSA) is 65.5 Å². The van der Waals surface area contributed by atoms with Crippen LogP contribution in [0.2, 0.25) is 10.0 Å². The first-order valence-corrected chi connectivity index (χ1v) is 13.4. The minimum Gasteiger partial charge on any atom is -0.392 e. The van der Waals surface area contributed by atoms with Crippen LogP contribution in [0, 0.1) is 23.2 Å². The van der Waals surface area contributed by atoms with Crippen molar-refractivity contribution in [2.24, 2.45) is 23.2 Å². The Morgan fingerprint density at radius 2 is 2.12 bits per heavy atom. The molecule has 0 spiro atoms.